The zero-order chi connectivity index (χ0) is 13.0. The van der Waals surface area contributed by atoms with E-state index in [4.69, 9.17) is 14.2 Å². The van der Waals surface area contributed by atoms with Crippen molar-refractivity contribution in [1.82, 2.24) is 9.97 Å². The Morgan fingerprint density at radius 2 is 1.83 bits per heavy atom. The fraction of sp³-hybridized carbons (Fsp3) is 0.692. The third-order valence-electron chi connectivity index (χ3n) is 3.56. The van der Waals surface area contributed by atoms with Crippen molar-refractivity contribution in [3.8, 4) is 0 Å². The van der Waals surface area contributed by atoms with Crippen LogP contribution in [0, 0.1) is 0 Å². The molecule has 0 spiro atoms. The molecule has 0 saturated heterocycles. The minimum absolute atomic E-state index is 0.331. The van der Waals surface area contributed by atoms with Crippen LogP contribution in [0.2, 0.25) is 0 Å². The van der Waals surface area contributed by atoms with E-state index in [1.807, 2.05) is 0 Å². The fourth-order valence-corrected chi connectivity index (χ4v) is 2.53. The van der Waals surface area contributed by atoms with Crippen LogP contribution in [0.25, 0.3) is 0 Å². The lowest BCUT2D eigenvalue weighted by Gasteiger charge is -2.26. The lowest BCUT2D eigenvalue weighted by molar-refractivity contribution is -0.109. The van der Waals surface area contributed by atoms with Gasteiger partial charge in [-0.2, -0.15) is 0 Å². The van der Waals surface area contributed by atoms with Crippen LogP contribution < -0.4 is 0 Å². The van der Waals surface area contributed by atoms with Gasteiger partial charge < -0.3 is 14.2 Å². The van der Waals surface area contributed by atoms with E-state index in [1.165, 1.54) is 0 Å². The van der Waals surface area contributed by atoms with Crippen LogP contribution in [-0.2, 0) is 19.8 Å². The van der Waals surface area contributed by atoms with E-state index in [9.17, 15) is 0 Å². The zero-order valence-corrected chi connectivity index (χ0v) is 11.2. The summed E-state index contributed by atoms with van der Waals surface area (Å²) < 4.78 is 16.1. The van der Waals surface area contributed by atoms with Crippen LogP contribution in [0.4, 0.5) is 0 Å². The standard InChI is InChI=1S/C13H20N2O3/c1-16-11(17-2)10-6-9-14-12(15-10)13(18-3)7-4-5-8-13/h6,9,11H,4-5,7-8H2,1-3H3. The van der Waals surface area contributed by atoms with Crippen molar-refractivity contribution in [2.75, 3.05) is 21.3 Å². The van der Waals surface area contributed by atoms with Gasteiger partial charge in [0.2, 0.25) is 6.29 Å². The molecule has 0 radical (unpaired) electrons. The Morgan fingerprint density at radius 3 is 2.39 bits per heavy atom. The van der Waals surface area contributed by atoms with Crippen molar-refractivity contribution in [2.24, 2.45) is 0 Å². The Hall–Kier alpha value is -1.04. The Balaban J connectivity index is 2.31. The average Bonchev–Trinajstić information content (AvgIpc) is 2.91. The summed E-state index contributed by atoms with van der Waals surface area (Å²) in [5.41, 5.74) is 0.399. The molecule has 1 aliphatic rings. The highest BCUT2D eigenvalue weighted by Crippen LogP contribution is 2.40. The first kappa shape index (κ1) is 13.4. The summed E-state index contributed by atoms with van der Waals surface area (Å²) in [5, 5.41) is 0. The number of nitrogens with zero attached hydrogens (tertiary/aromatic N) is 2. The van der Waals surface area contributed by atoms with Crippen LogP contribution in [0.5, 0.6) is 0 Å². The Kier molecular flexibility index (Phi) is 4.27. The maximum absolute atomic E-state index is 5.68. The van der Waals surface area contributed by atoms with Gasteiger partial charge in [-0.15, -0.1) is 0 Å². The van der Waals surface area contributed by atoms with Crippen LogP contribution in [0.1, 0.15) is 43.5 Å². The predicted molar refractivity (Wildman–Crippen MR) is 65.9 cm³/mol. The molecule has 18 heavy (non-hydrogen) atoms. The molecule has 0 aliphatic heterocycles. The van der Waals surface area contributed by atoms with Crippen molar-refractivity contribution < 1.29 is 14.2 Å². The molecule has 0 amide bonds. The van der Waals surface area contributed by atoms with E-state index in [-0.39, 0.29) is 5.60 Å². The molecule has 1 aromatic rings. The number of ether oxygens (including phenoxy) is 3. The van der Waals surface area contributed by atoms with Crippen LogP contribution in [0.3, 0.4) is 0 Å². The summed E-state index contributed by atoms with van der Waals surface area (Å²) in [5.74, 6) is 0.735. The van der Waals surface area contributed by atoms with Crippen molar-refractivity contribution in [3.05, 3.63) is 23.8 Å². The van der Waals surface area contributed by atoms with E-state index in [0.717, 1.165) is 37.2 Å². The minimum atomic E-state index is -0.456. The summed E-state index contributed by atoms with van der Waals surface area (Å²) >= 11 is 0. The second kappa shape index (κ2) is 5.73. The molecule has 1 heterocycles. The van der Waals surface area contributed by atoms with Crippen molar-refractivity contribution in [2.45, 2.75) is 37.6 Å². The van der Waals surface area contributed by atoms with E-state index < -0.39 is 6.29 Å². The topological polar surface area (TPSA) is 53.5 Å². The lowest BCUT2D eigenvalue weighted by Crippen LogP contribution is -2.28. The van der Waals surface area contributed by atoms with Gasteiger partial charge in [-0.25, -0.2) is 9.97 Å². The molecule has 0 unspecified atom stereocenters. The molecule has 1 aromatic heterocycles. The van der Waals surface area contributed by atoms with Gasteiger partial charge in [0, 0.05) is 27.5 Å². The predicted octanol–water partition coefficient (Wildman–Crippen LogP) is 2.18. The van der Waals surface area contributed by atoms with Gasteiger partial charge in [0.05, 0.1) is 0 Å². The third kappa shape index (κ3) is 2.39. The normalized spacial score (nSPS) is 18.4. The molecule has 0 atom stereocenters. The molecule has 100 valence electrons. The molecule has 0 N–H and O–H groups in total. The van der Waals surface area contributed by atoms with Crippen LogP contribution in [-0.4, -0.2) is 31.3 Å². The van der Waals surface area contributed by atoms with Gasteiger partial charge >= 0.3 is 0 Å². The molecule has 5 heteroatoms. The average molecular weight is 252 g/mol. The van der Waals surface area contributed by atoms with Gasteiger partial charge in [-0.3, -0.25) is 0 Å². The van der Waals surface area contributed by atoms with E-state index in [1.54, 1.807) is 33.6 Å². The monoisotopic (exact) mass is 252 g/mol. The highest BCUT2D eigenvalue weighted by Gasteiger charge is 2.38. The number of aromatic nitrogens is 2. The van der Waals surface area contributed by atoms with Crippen molar-refractivity contribution in [1.29, 1.82) is 0 Å². The highest BCUT2D eigenvalue weighted by atomic mass is 16.7. The quantitative estimate of drug-likeness (QED) is 0.752. The summed E-state index contributed by atoms with van der Waals surface area (Å²) in [6.45, 7) is 0. The van der Waals surface area contributed by atoms with Crippen molar-refractivity contribution >= 4 is 0 Å². The van der Waals surface area contributed by atoms with Crippen LogP contribution in [0.15, 0.2) is 12.3 Å². The summed E-state index contributed by atoms with van der Waals surface area (Å²) in [6, 6.07) is 1.81. The summed E-state index contributed by atoms with van der Waals surface area (Å²) in [6.07, 6.45) is 5.53. The fourth-order valence-electron chi connectivity index (χ4n) is 2.53. The maximum Gasteiger partial charge on any atom is 0.200 e. The number of hydrogen-bond donors (Lipinski definition) is 0. The van der Waals surface area contributed by atoms with E-state index in [2.05, 4.69) is 9.97 Å². The molecule has 1 saturated carbocycles. The van der Waals surface area contributed by atoms with E-state index >= 15 is 0 Å². The molecule has 5 nitrogen and oxygen atoms in total. The zero-order valence-electron chi connectivity index (χ0n) is 11.2. The summed E-state index contributed by atoms with van der Waals surface area (Å²) in [4.78, 5) is 8.92. The first-order valence-corrected chi connectivity index (χ1v) is 6.20. The lowest BCUT2D eigenvalue weighted by atomic mass is 10.0. The van der Waals surface area contributed by atoms with Crippen LogP contribution >= 0.6 is 0 Å². The Bertz CT molecular complexity index is 388. The highest BCUT2D eigenvalue weighted by molar-refractivity contribution is 5.11. The third-order valence-corrected chi connectivity index (χ3v) is 3.56. The molecule has 1 fully saturated rings. The number of rotatable bonds is 5. The number of hydrogen-bond acceptors (Lipinski definition) is 5. The Labute approximate surface area is 107 Å². The van der Waals surface area contributed by atoms with Gasteiger partial charge in [0.25, 0.3) is 0 Å². The van der Waals surface area contributed by atoms with Crippen molar-refractivity contribution in [3.63, 3.8) is 0 Å². The first-order chi connectivity index (χ1) is 8.75. The van der Waals surface area contributed by atoms with Gasteiger partial charge in [-0.05, 0) is 31.7 Å². The second-order valence-electron chi connectivity index (χ2n) is 4.51. The SMILES string of the molecule is COC(OC)c1ccnc(C2(OC)CCCC2)n1. The number of methoxy groups -OCH3 is 3. The Morgan fingerprint density at radius 1 is 1.17 bits per heavy atom. The van der Waals surface area contributed by atoms with E-state index in [0.29, 0.717) is 0 Å². The van der Waals surface area contributed by atoms with Gasteiger partial charge in [-0.1, -0.05) is 0 Å². The largest absolute Gasteiger partial charge is 0.370 e. The molecule has 1 aliphatic carbocycles. The smallest absolute Gasteiger partial charge is 0.200 e. The first-order valence-electron chi connectivity index (χ1n) is 6.20. The molecule has 0 aromatic carbocycles. The minimum Gasteiger partial charge on any atom is -0.370 e. The maximum atomic E-state index is 5.68. The second-order valence-corrected chi connectivity index (χ2v) is 4.51. The molecule has 0 bridgehead atoms. The van der Waals surface area contributed by atoms with Gasteiger partial charge in [0.1, 0.15) is 11.3 Å². The van der Waals surface area contributed by atoms with Gasteiger partial charge in [0.15, 0.2) is 5.82 Å². The molecular weight excluding hydrogens is 232 g/mol. The molecule has 2 rings (SSSR count). The molecular formula is C13H20N2O3. The summed E-state index contributed by atoms with van der Waals surface area (Å²) in [7, 11) is 4.92.